The monoisotopic (exact) mass is 417 g/mol. The van der Waals surface area contributed by atoms with Gasteiger partial charge in [0.05, 0.1) is 23.4 Å². The van der Waals surface area contributed by atoms with E-state index in [4.69, 9.17) is 4.74 Å². The van der Waals surface area contributed by atoms with E-state index in [2.05, 4.69) is 15.0 Å². The van der Waals surface area contributed by atoms with Crippen molar-refractivity contribution in [1.82, 2.24) is 19.7 Å². The first-order valence-corrected chi connectivity index (χ1v) is 10.6. The summed E-state index contributed by atoms with van der Waals surface area (Å²) < 4.78 is 21.5. The van der Waals surface area contributed by atoms with Gasteiger partial charge in [-0.25, -0.2) is 9.37 Å². The van der Waals surface area contributed by atoms with Crippen molar-refractivity contribution in [2.75, 3.05) is 44.3 Å². The first kappa shape index (κ1) is 19.9. The van der Waals surface area contributed by atoms with Gasteiger partial charge >= 0.3 is 0 Å². The Bertz CT molecular complexity index is 996. The van der Waals surface area contributed by atoms with Crippen LogP contribution in [-0.4, -0.2) is 65.0 Å². The average Bonchev–Trinajstić information content (AvgIpc) is 3.36. The number of morpholine rings is 1. The fourth-order valence-electron chi connectivity index (χ4n) is 3.23. The van der Waals surface area contributed by atoms with E-state index in [0.29, 0.717) is 42.6 Å². The van der Waals surface area contributed by atoms with Crippen LogP contribution in [0, 0.1) is 5.82 Å². The van der Waals surface area contributed by atoms with Crippen molar-refractivity contribution >= 4 is 32.6 Å². The largest absolute Gasteiger partial charge is 0.379 e. The summed E-state index contributed by atoms with van der Waals surface area (Å²) in [6.45, 7) is 8.31. The molecule has 1 fully saturated rings. The lowest BCUT2D eigenvalue weighted by Gasteiger charge is -2.29. The quantitative estimate of drug-likeness (QED) is 0.616. The van der Waals surface area contributed by atoms with Gasteiger partial charge in [0.15, 0.2) is 10.8 Å². The lowest BCUT2D eigenvalue weighted by Crippen LogP contribution is -2.43. The maximum atomic E-state index is 13.6. The van der Waals surface area contributed by atoms with Gasteiger partial charge in [0.25, 0.3) is 5.91 Å². The summed E-state index contributed by atoms with van der Waals surface area (Å²) in [6, 6.07) is 6.38. The maximum Gasteiger partial charge on any atom is 0.280 e. The first-order valence-electron chi connectivity index (χ1n) is 9.74. The molecule has 1 amide bonds. The molecule has 1 aromatic carbocycles. The molecule has 1 aliphatic heterocycles. The number of carbonyl (C=O) groups excluding carboxylic acids is 1. The Kier molecular flexibility index (Phi) is 5.89. The number of fused-ring (bicyclic) bond motifs is 1. The molecule has 0 bridgehead atoms. The van der Waals surface area contributed by atoms with Gasteiger partial charge in [-0.2, -0.15) is 5.10 Å². The first-order chi connectivity index (χ1) is 14.0. The van der Waals surface area contributed by atoms with Gasteiger partial charge in [0.1, 0.15) is 5.82 Å². The van der Waals surface area contributed by atoms with Crippen molar-refractivity contribution in [2.45, 2.75) is 19.9 Å². The summed E-state index contributed by atoms with van der Waals surface area (Å²) in [6.07, 6.45) is 1.81. The SMILES string of the molecule is CC(C)n1ccc(C(=O)N(CCN2CCOCC2)c2nc3ccc(F)cc3s2)n1. The predicted molar refractivity (Wildman–Crippen MR) is 111 cm³/mol. The van der Waals surface area contributed by atoms with E-state index < -0.39 is 0 Å². The number of amides is 1. The zero-order valence-corrected chi connectivity index (χ0v) is 17.4. The number of aromatic nitrogens is 3. The molecule has 0 saturated carbocycles. The van der Waals surface area contributed by atoms with E-state index in [0.717, 1.165) is 17.8 Å². The third-order valence-corrected chi connectivity index (χ3v) is 5.96. The second-order valence-electron chi connectivity index (χ2n) is 7.29. The number of nitrogens with zero attached hydrogens (tertiary/aromatic N) is 5. The minimum Gasteiger partial charge on any atom is -0.379 e. The summed E-state index contributed by atoms with van der Waals surface area (Å²) in [4.78, 5) is 21.8. The molecule has 0 N–H and O–H groups in total. The minimum atomic E-state index is -0.311. The Labute approximate surface area is 172 Å². The molecule has 1 saturated heterocycles. The van der Waals surface area contributed by atoms with Crippen LogP contribution in [0.4, 0.5) is 9.52 Å². The van der Waals surface area contributed by atoms with E-state index in [9.17, 15) is 9.18 Å². The van der Waals surface area contributed by atoms with Gasteiger partial charge in [-0.3, -0.25) is 19.3 Å². The molecule has 2 aromatic heterocycles. The molecule has 9 heteroatoms. The highest BCUT2D eigenvalue weighted by atomic mass is 32.1. The Morgan fingerprint density at radius 2 is 2.10 bits per heavy atom. The molecule has 0 atom stereocenters. The second-order valence-corrected chi connectivity index (χ2v) is 8.30. The zero-order chi connectivity index (χ0) is 20.4. The topological polar surface area (TPSA) is 63.5 Å². The van der Waals surface area contributed by atoms with Gasteiger partial charge in [0, 0.05) is 38.4 Å². The molecule has 4 rings (SSSR count). The fraction of sp³-hybridized carbons (Fsp3) is 0.450. The van der Waals surface area contributed by atoms with Gasteiger partial charge in [-0.05, 0) is 38.1 Å². The van der Waals surface area contributed by atoms with Crippen LogP contribution in [-0.2, 0) is 4.74 Å². The highest BCUT2D eigenvalue weighted by Gasteiger charge is 2.25. The van der Waals surface area contributed by atoms with Crippen molar-refractivity contribution in [3.8, 4) is 0 Å². The Morgan fingerprint density at radius 1 is 1.31 bits per heavy atom. The Balaban J connectivity index is 1.62. The number of halogens is 1. The average molecular weight is 418 g/mol. The van der Waals surface area contributed by atoms with Crippen LogP contribution < -0.4 is 4.90 Å². The predicted octanol–water partition coefficient (Wildman–Crippen LogP) is 3.19. The van der Waals surface area contributed by atoms with Crippen LogP contribution in [0.5, 0.6) is 0 Å². The lowest BCUT2D eigenvalue weighted by molar-refractivity contribution is 0.0391. The third kappa shape index (κ3) is 4.47. The highest BCUT2D eigenvalue weighted by molar-refractivity contribution is 7.22. The molecular formula is C20H24FN5O2S. The standard InChI is InChI=1S/C20H24FN5O2S/c1-14(2)26-6-5-17(23-26)19(27)25(8-7-24-9-11-28-12-10-24)20-22-16-4-3-15(21)13-18(16)29-20/h3-6,13-14H,7-12H2,1-2H3. The summed E-state index contributed by atoms with van der Waals surface area (Å²) >= 11 is 1.32. The summed E-state index contributed by atoms with van der Waals surface area (Å²) in [5.41, 5.74) is 1.06. The summed E-state index contributed by atoms with van der Waals surface area (Å²) in [7, 11) is 0. The van der Waals surface area contributed by atoms with E-state index in [1.807, 2.05) is 20.0 Å². The van der Waals surface area contributed by atoms with E-state index in [-0.39, 0.29) is 17.8 Å². The second kappa shape index (κ2) is 8.56. The van der Waals surface area contributed by atoms with Crippen LogP contribution in [0.25, 0.3) is 10.2 Å². The molecule has 29 heavy (non-hydrogen) atoms. The summed E-state index contributed by atoms with van der Waals surface area (Å²) in [5.74, 6) is -0.508. The molecule has 0 unspecified atom stereocenters. The number of anilines is 1. The molecule has 154 valence electrons. The molecule has 7 nitrogen and oxygen atoms in total. The van der Waals surface area contributed by atoms with E-state index in [1.54, 1.807) is 21.7 Å². The number of benzene rings is 1. The molecule has 0 aliphatic carbocycles. The van der Waals surface area contributed by atoms with Crippen molar-refractivity contribution in [1.29, 1.82) is 0 Å². The molecule has 3 heterocycles. The maximum absolute atomic E-state index is 13.6. The van der Waals surface area contributed by atoms with Gasteiger partial charge in [-0.15, -0.1) is 0 Å². The van der Waals surface area contributed by atoms with Gasteiger partial charge < -0.3 is 4.74 Å². The molecule has 1 aliphatic rings. The third-order valence-electron chi connectivity index (χ3n) is 4.92. The van der Waals surface area contributed by atoms with Crippen molar-refractivity contribution in [3.05, 3.63) is 42.0 Å². The van der Waals surface area contributed by atoms with Gasteiger partial charge in [-0.1, -0.05) is 11.3 Å². The summed E-state index contributed by atoms with van der Waals surface area (Å²) in [5, 5.41) is 4.99. The zero-order valence-electron chi connectivity index (χ0n) is 16.5. The fourth-order valence-corrected chi connectivity index (χ4v) is 4.24. The van der Waals surface area contributed by atoms with Crippen molar-refractivity contribution in [3.63, 3.8) is 0 Å². The number of carbonyl (C=O) groups is 1. The molecule has 0 spiro atoms. The minimum absolute atomic E-state index is 0.170. The van der Waals surface area contributed by atoms with Gasteiger partial charge in [0.2, 0.25) is 0 Å². The number of ether oxygens (including phenoxy) is 1. The van der Waals surface area contributed by atoms with Crippen LogP contribution in [0.1, 0.15) is 30.4 Å². The molecule has 3 aromatic rings. The molecular weight excluding hydrogens is 393 g/mol. The smallest absolute Gasteiger partial charge is 0.280 e. The van der Waals surface area contributed by atoms with Crippen molar-refractivity contribution < 1.29 is 13.9 Å². The number of rotatable bonds is 6. The Morgan fingerprint density at radius 3 is 2.83 bits per heavy atom. The van der Waals surface area contributed by atoms with E-state index in [1.165, 1.54) is 23.5 Å². The van der Waals surface area contributed by atoms with E-state index >= 15 is 0 Å². The van der Waals surface area contributed by atoms with Crippen molar-refractivity contribution in [2.24, 2.45) is 0 Å². The number of thiazole rings is 1. The number of hydrogen-bond acceptors (Lipinski definition) is 6. The number of hydrogen-bond donors (Lipinski definition) is 0. The Hall–Kier alpha value is -2.36. The molecule has 0 radical (unpaired) electrons. The normalized spacial score (nSPS) is 15.3. The lowest BCUT2D eigenvalue weighted by atomic mass is 10.3. The van der Waals surface area contributed by atoms with Crippen LogP contribution in [0.2, 0.25) is 0 Å². The van der Waals surface area contributed by atoms with Crippen LogP contribution in [0.3, 0.4) is 0 Å². The van der Waals surface area contributed by atoms with Crippen LogP contribution >= 0.6 is 11.3 Å². The van der Waals surface area contributed by atoms with Crippen LogP contribution in [0.15, 0.2) is 30.5 Å². The highest BCUT2D eigenvalue weighted by Crippen LogP contribution is 2.30.